The number of Topliss-reactive ketones (excluding diaryl/α,β-unsaturated/α-hetero) is 1. The van der Waals surface area contributed by atoms with Crippen LogP contribution in [0.4, 0.5) is 0 Å². The van der Waals surface area contributed by atoms with Crippen LogP contribution in [0.2, 0.25) is 0 Å². The van der Waals surface area contributed by atoms with Crippen LogP contribution in [0.25, 0.3) is 0 Å². The van der Waals surface area contributed by atoms with Crippen molar-refractivity contribution in [1.29, 1.82) is 0 Å². The molecule has 0 amide bonds. The average Bonchev–Trinajstić information content (AvgIpc) is 3.14. The van der Waals surface area contributed by atoms with E-state index < -0.39 is 0 Å². The number of allylic oxidation sites excluding steroid dienone is 2. The predicted molar refractivity (Wildman–Crippen MR) is 101 cm³/mol. The number of ether oxygens (including phenoxy) is 3. The molecule has 2 N–H and O–H groups in total. The van der Waals surface area contributed by atoms with Gasteiger partial charge in [-0.15, -0.1) is 0 Å². The molecule has 0 fully saturated rings. The summed E-state index contributed by atoms with van der Waals surface area (Å²) in [5.41, 5.74) is 5.10. The van der Waals surface area contributed by atoms with E-state index in [1.54, 1.807) is 21.3 Å². The van der Waals surface area contributed by atoms with Crippen LogP contribution < -0.4 is 5.32 Å². The highest BCUT2D eigenvalue weighted by atomic mass is 16.6. The first-order valence-electron chi connectivity index (χ1n) is 8.93. The Balaban J connectivity index is 1.54. The molecule has 0 spiro atoms. The van der Waals surface area contributed by atoms with Crippen LogP contribution in [0.3, 0.4) is 0 Å². The highest BCUT2D eigenvalue weighted by Gasteiger charge is 2.31. The quantitative estimate of drug-likeness (QED) is 0.794. The third-order valence-corrected chi connectivity index (χ3v) is 5.16. The van der Waals surface area contributed by atoms with Gasteiger partial charge >= 0.3 is 0 Å². The number of hydrogen-bond acceptors (Lipinski definition) is 6. The van der Waals surface area contributed by atoms with Gasteiger partial charge in [0.15, 0.2) is 0 Å². The van der Waals surface area contributed by atoms with Crippen molar-refractivity contribution in [2.24, 2.45) is 4.99 Å². The van der Waals surface area contributed by atoms with Gasteiger partial charge in [-0.25, -0.2) is 0 Å². The van der Waals surface area contributed by atoms with Crippen LogP contribution in [0.1, 0.15) is 21.6 Å². The minimum Gasteiger partial charge on any atom is -0.498 e. The topological polar surface area (TPSA) is 84.9 Å². The van der Waals surface area contributed by atoms with Gasteiger partial charge in [0, 0.05) is 39.1 Å². The van der Waals surface area contributed by atoms with Gasteiger partial charge in [0.25, 0.3) is 0 Å². The molecule has 1 aromatic rings. The second-order valence-electron chi connectivity index (χ2n) is 6.67. The fourth-order valence-electron chi connectivity index (χ4n) is 3.79. The third kappa shape index (κ3) is 3.02. The Kier molecular flexibility index (Phi) is 4.72. The van der Waals surface area contributed by atoms with E-state index in [1.165, 1.54) is 0 Å². The lowest BCUT2D eigenvalue weighted by Gasteiger charge is -2.28. The Labute approximate surface area is 157 Å². The number of aromatic nitrogens is 1. The first kappa shape index (κ1) is 17.8. The van der Waals surface area contributed by atoms with Crippen LogP contribution in [0.5, 0.6) is 0 Å². The first-order valence-corrected chi connectivity index (χ1v) is 8.93. The predicted octanol–water partition coefficient (Wildman–Crippen LogP) is 1.53. The van der Waals surface area contributed by atoms with E-state index in [1.807, 2.05) is 24.4 Å². The number of carbonyl (C=O) groups excluding carboxylic acids is 1. The van der Waals surface area contributed by atoms with E-state index in [-0.39, 0.29) is 18.0 Å². The molecule has 142 valence electrons. The molecule has 0 bridgehead atoms. The molecular formula is C20H23N3O4. The summed E-state index contributed by atoms with van der Waals surface area (Å²) in [4.78, 5) is 20.5. The number of ketones is 1. The van der Waals surface area contributed by atoms with E-state index in [4.69, 9.17) is 14.2 Å². The van der Waals surface area contributed by atoms with Gasteiger partial charge in [-0.05, 0) is 35.8 Å². The lowest BCUT2D eigenvalue weighted by molar-refractivity contribution is -0.0190. The highest BCUT2D eigenvalue weighted by molar-refractivity contribution is 6.26. The van der Waals surface area contributed by atoms with Gasteiger partial charge < -0.3 is 24.5 Å². The molecule has 1 aliphatic heterocycles. The SMILES string of the molecule is COC1=CC(CNC2=CC3=NCCc4c[nH]c(c43)C2=O)=CC(OC)C1OC. The Bertz CT molecular complexity index is 891. The maximum absolute atomic E-state index is 12.8. The minimum absolute atomic E-state index is 0.0393. The second kappa shape index (κ2) is 7.17. The second-order valence-corrected chi connectivity index (χ2v) is 6.67. The summed E-state index contributed by atoms with van der Waals surface area (Å²) in [6.07, 6.45) is 8.00. The van der Waals surface area contributed by atoms with Crippen molar-refractivity contribution in [2.45, 2.75) is 18.6 Å². The van der Waals surface area contributed by atoms with Gasteiger partial charge in [-0.2, -0.15) is 0 Å². The van der Waals surface area contributed by atoms with Crippen molar-refractivity contribution in [3.8, 4) is 0 Å². The summed E-state index contributed by atoms with van der Waals surface area (Å²) in [5.74, 6) is 0.656. The molecule has 2 aliphatic carbocycles. The number of methoxy groups -OCH3 is 3. The number of nitrogens with zero attached hydrogens (tertiary/aromatic N) is 1. The van der Waals surface area contributed by atoms with Gasteiger partial charge in [0.1, 0.15) is 18.0 Å². The fourth-order valence-corrected chi connectivity index (χ4v) is 3.79. The molecule has 7 heteroatoms. The molecule has 2 atom stereocenters. The molecule has 1 aromatic heterocycles. The summed E-state index contributed by atoms with van der Waals surface area (Å²) >= 11 is 0. The van der Waals surface area contributed by atoms with E-state index in [0.29, 0.717) is 23.7 Å². The van der Waals surface area contributed by atoms with Gasteiger partial charge in [-0.1, -0.05) is 0 Å². The molecule has 0 aromatic carbocycles. The standard InChI is InChI=1S/C20H23N3O4/c1-25-15-6-11(7-16(26-2)20(15)27-3)9-22-14-8-13-17-12(4-5-21-13)10-23-18(17)19(14)24/h6-8,10,15,20,22-23H,4-5,9H2,1-3H3. The molecule has 3 aliphatic rings. The maximum Gasteiger partial charge on any atom is 0.225 e. The minimum atomic E-state index is -0.282. The molecule has 0 saturated heterocycles. The van der Waals surface area contributed by atoms with Crippen molar-refractivity contribution in [2.75, 3.05) is 34.4 Å². The Morgan fingerprint density at radius 1 is 1.26 bits per heavy atom. The smallest absolute Gasteiger partial charge is 0.225 e. The van der Waals surface area contributed by atoms with Gasteiger partial charge in [0.2, 0.25) is 5.78 Å². The normalized spacial score (nSPS) is 23.7. The van der Waals surface area contributed by atoms with Gasteiger partial charge in [-0.3, -0.25) is 9.79 Å². The number of aromatic amines is 1. The van der Waals surface area contributed by atoms with Crippen molar-refractivity contribution >= 4 is 11.5 Å². The zero-order valence-corrected chi connectivity index (χ0v) is 15.7. The van der Waals surface area contributed by atoms with Crippen LogP contribution >= 0.6 is 0 Å². The van der Waals surface area contributed by atoms with E-state index in [0.717, 1.165) is 35.4 Å². The summed E-state index contributed by atoms with van der Waals surface area (Å²) in [6.45, 7) is 1.22. The largest absolute Gasteiger partial charge is 0.498 e. The van der Waals surface area contributed by atoms with E-state index >= 15 is 0 Å². The molecule has 2 unspecified atom stereocenters. The molecular weight excluding hydrogens is 346 g/mol. The van der Waals surface area contributed by atoms with Crippen molar-refractivity contribution in [3.63, 3.8) is 0 Å². The van der Waals surface area contributed by atoms with Crippen LogP contribution in [0.15, 0.2) is 46.4 Å². The van der Waals surface area contributed by atoms with Crippen LogP contribution in [-0.2, 0) is 20.6 Å². The summed E-state index contributed by atoms with van der Waals surface area (Å²) in [6, 6.07) is 0. The highest BCUT2D eigenvalue weighted by Crippen LogP contribution is 2.27. The fraction of sp³-hybridized carbons (Fsp3) is 0.400. The van der Waals surface area contributed by atoms with Gasteiger partial charge in [0.05, 0.1) is 24.2 Å². The van der Waals surface area contributed by atoms with E-state index in [9.17, 15) is 4.79 Å². The van der Waals surface area contributed by atoms with Crippen molar-refractivity contribution in [1.82, 2.24) is 10.3 Å². The maximum atomic E-state index is 12.8. The number of rotatable bonds is 6. The van der Waals surface area contributed by atoms with Crippen LogP contribution in [-0.4, -0.2) is 63.1 Å². The van der Waals surface area contributed by atoms with Crippen molar-refractivity contribution in [3.05, 3.63) is 58.3 Å². The average molecular weight is 369 g/mol. The summed E-state index contributed by atoms with van der Waals surface area (Å²) in [7, 11) is 4.87. The van der Waals surface area contributed by atoms with Crippen molar-refractivity contribution < 1.29 is 19.0 Å². The Hall–Kier alpha value is -2.64. The number of nitrogens with one attached hydrogen (secondary N) is 2. The molecule has 2 heterocycles. The zero-order valence-electron chi connectivity index (χ0n) is 15.7. The Morgan fingerprint density at radius 2 is 2.11 bits per heavy atom. The monoisotopic (exact) mass is 369 g/mol. The van der Waals surface area contributed by atoms with Crippen LogP contribution in [0, 0.1) is 0 Å². The molecule has 0 radical (unpaired) electrons. The lowest BCUT2D eigenvalue weighted by Crippen LogP contribution is -2.35. The zero-order chi connectivity index (χ0) is 19.0. The molecule has 4 rings (SSSR count). The summed E-state index contributed by atoms with van der Waals surface area (Å²) in [5, 5.41) is 3.25. The lowest BCUT2D eigenvalue weighted by atomic mass is 9.92. The molecule has 7 nitrogen and oxygen atoms in total. The first-order chi connectivity index (χ1) is 13.2. The van der Waals surface area contributed by atoms with E-state index in [2.05, 4.69) is 15.3 Å². The number of carbonyl (C=O) groups is 1. The number of H-pyrrole nitrogens is 1. The molecule has 27 heavy (non-hydrogen) atoms. The summed E-state index contributed by atoms with van der Waals surface area (Å²) < 4.78 is 16.4. The molecule has 0 saturated carbocycles. The number of hydrogen-bond donors (Lipinski definition) is 2. The Morgan fingerprint density at radius 3 is 2.85 bits per heavy atom. The number of aliphatic imine (C=N–C) groups is 1. The third-order valence-electron chi connectivity index (χ3n) is 5.16.